The predicted octanol–water partition coefficient (Wildman–Crippen LogP) is 3.77. The van der Waals surface area contributed by atoms with Gasteiger partial charge in [-0.05, 0) is 0 Å². The maximum absolute atomic E-state index is 3.70. The van der Waals surface area contributed by atoms with E-state index < -0.39 is 22.1 Å². The molecule has 0 bridgehead atoms. The normalized spacial score (nSPS) is 10.9. The van der Waals surface area contributed by atoms with E-state index in [1.54, 1.807) is 0 Å². The first-order chi connectivity index (χ1) is 5.67. The Kier molecular flexibility index (Phi) is 4.25. The summed E-state index contributed by atoms with van der Waals surface area (Å²) in [5, 5.41) is 0. The molecule has 0 aromatic heterocycles. The molecule has 0 spiro atoms. The van der Waals surface area contributed by atoms with Crippen LogP contribution >= 0.6 is 11.9 Å². The second kappa shape index (κ2) is 4.76. The van der Waals surface area contributed by atoms with Gasteiger partial charge in [0.25, 0.3) is 0 Å². The van der Waals surface area contributed by atoms with Crippen LogP contribution in [0.2, 0.25) is 3.93 Å². The van der Waals surface area contributed by atoms with Crippen LogP contribution in [-0.4, -0.2) is 0 Å². The van der Waals surface area contributed by atoms with Gasteiger partial charge in [-0.15, -0.1) is 0 Å². The molecule has 12 heavy (non-hydrogen) atoms. The molecule has 0 N–H and O–H groups in total. The minimum atomic E-state index is -0.673. The first-order valence-corrected chi connectivity index (χ1v) is 20.1. The number of halogens is 1. The van der Waals surface area contributed by atoms with Gasteiger partial charge in [-0.1, -0.05) is 0 Å². The van der Waals surface area contributed by atoms with Crippen molar-refractivity contribution < 1.29 is 22.1 Å². The van der Waals surface area contributed by atoms with E-state index in [2.05, 4.69) is 56.1 Å². The molecule has 62 valence electrons. The zero-order valence-corrected chi connectivity index (χ0v) is 14.8. The molecule has 2 heteroatoms. The number of rotatable bonds is 3. The van der Waals surface area contributed by atoms with E-state index in [9.17, 15) is 0 Å². The van der Waals surface area contributed by atoms with Gasteiger partial charge in [-0.2, -0.15) is 0 Å². The van der Waals surface area contributed by atoms with E-state index in [4.69, 9.17) is 0 Å². The van der Waals surface area contributed by atoms with E-state index in [-0.39, 0.29) is 0 Å². The summed E-state index contributed by atoms with van der Waals surface area (Å²) >= 11 is 3.03. The van der Waals surface area contributed by atoms with Gasteiger partial charge in [0, 0.05) is 0 Å². The fraction of sp³-hybridized carbons (Fsp3) is 0.400. The molecule has 0 saturated heterocycles. The molecule has 0 fully saturated rings. The summed E-state index contributed by atoms with van der Waals surface area (Å²) in [5.41, 5.74) is 1.87. The van der Waals surface area contributed by atoms with E-state index in [0.717, 1.165) is 0 Å². The van der Waals surface area contributed by atoms with Crippen molar-refractivity contribution >= 4 is 11.9 Å². The Hall–Kier alpha value is 0.635. The predicted molar refractivity (Wildman–Crippen MR) is 53.2 cm³/mol. The van der Waals surface area contributed by atoms with Gasteiger partial charge in [0.1, 0.15) is 0 Å². The van der Waals surface area contributed by atoms with Crippen LogP contribution in [0.5, 0.6) is 0 Å². The Labute approximate surface area is 92.4 Å². The van der Waals surface area contributed by atoms with Crippen molar-refractivity contribution in [1.82, 2.24) is 0 Å². The Morgan fingerprint density at radius 3 is 2.33 bits per heavy atom. The average Bonchev–Trinajstić information content (AvgIpc) is 2.06. The monoisotopic (exact) mass is 414 g/mol. The molecule has 0 atom stereocenters. The van der Waals surface area contributed by atoms with Crippen LogP contribution in [0.25, 0.3) is 0 Å². The van der Waals surface area contributed by atoms with Crippen LogP contribution in [0.4, 0.5) is 0 Å². The quantitative estimate of drug-likeness (QED) is 0.662. The van der Waals surface area contributed by atoms with Gasteiger partial charge in [-0.3, -0.25) is 0 Å². The molecule has 0 nitrogen and oxygen atoms in total. The van der Waals surface area contributed by atoms with Crippen molar-refractivity contribution in [3.8, 4) is 0 Å². The van der Waals surface area contributed by atoms with Gasteiger partial charge in [0.15, 0.2) is 0 Å². The van der Waals surface area contributed by atoms with Gasteiger partial charge in [0.2, 0.25) is 0 Å². The molecule has 1 rings (SSSR count). The van der Waals surface area contributed by atoms with Gasteiger partial charge in [-0.25, -0.2) is 0 Å². The first kappa shape index (κ1) is 10.7. The van der Waals surface area contributed by atoms with Crippen molar-refractivity contribution in [1.29, 1.82) is 0 Å². The van der Waals surface area contributed by atoms with Crippen molar-refractivity contribution in [3.05, 3.63) is 35.9 Å². The van der Waals surface area contributed by atoms with E-state index >= 15 is 0 Å². The van der Waals surface area contributed by atoms with E-state index in [1.165, 1.54) is 9.49 Å². The second-order valence-electron chi connectivity index (χ2n) is 3.69. The fourth-order valence-electron chi connectivity index (χ4n) is 1.27. The SMILES string of the molecule is CC(C)([CH2][Hg][Br])c1ccccc1. The van der Waals surface area contributed by atoms with Crippen molar-refractivity contribution in [2.45, 2.75) is 23.2 Å². The van der Waals surface area contributed by atoms with Crippen LogP contribution < -0.4 is 0 Å². The average molecular weight is 414 g/mol. The first-order valence-electron chi connectivity index (χ1n) is 4.28. The van der Waals surface area contributed by atoms with Crippen molar-refractivity contribution in [2.24, 2.45) is 0 Å². The zero-order valence-electron chi connectivity index (χ0n) is 7.68. The summed E-state index contributed by atoms with van der Waals surface area (Å²) in [7, 11) is 0. The van der Waals surface area contributed by atoms with Crippen LogP contribution in [-0.2, 0) is 27.6 Å². The molecule has 1 aromatic carbocycles. The number of benzene rings is 1. The summed E-state index contributed by atoms with van der Waals surface area (Å²) in [5.74, 6) is 0. The van der Waals surface area contributed by atoms with Gasteiger partial charge in [0.05, 0.1) is 0 Å². The van der Waals surface area contributed by atoms with Gasteiger partial charge < -0.3 is 0 Å². The Morgan fingerprint density at radius 1 is 1.25 bits per heavy atom. The molecule has 0 amide bonds. The summed E-state index contributed by atoms with van der Waals surface area (Å²) in [6, 6.07) is 10.8. The Balaban J connectivity index is 2.82. The molecular weight excluding hydrogens is 401 g/mol. The van der Waals surface area contributed by atoms with Gasteiger partial charge >= 0.3 is 93.1 Å². The Morgan fingerprint density at radius 2 is 1.83 bits per heavy atom. The summed E-state index contributed by atoms with van der Waals surface area (Å²) < 4.78 is 1.40. The summed E-state index contributed by atoms with van der Waals surface area (Å²) in [4.78, 5) is 0. The Bertz CT molecular complexity index is 231. The molecule has 0 unspecified atom stereocenters. The molecule has 0 aliphatic heterocycles. The molecule has 0 saturated carbocycles. The standard InChI is InChI=1S/C10H13.BrH.Hg/c1-10(2,3)9-7-5-4-6-8-9;;/h4-8H,1H2,2-3H3;1H;/q;;+1/p-1. The third-order valence-corrected chi connectivity index (χ3v) is 11.3. The molecule has 0 heterocycles. The van der Waals surface area contributed by atoms with Crippen LogP contribution in [0, 0.1) is 0 Å². The molecular formula is C10H13BrHg. The molecule has 1 aromatic rings. The van der Waals surface area contributed by atoms with E-state index in [0.29, 0.717) is 5.41 Å². The fourth-order valence-corrected chi connectivity index (χ4v) is 12.9. The maximum atomic E-state index is 3.70. The van der Waals surface area contributed by atoms with Crippen molar-refractivity contribution in [2.75, 3.05) is 0 Å². The molecule has 0 aliphatic carbocycles. The third-order valence-electron chi connectivity index (χ3n) is 2.27. The zero-order chi connectivity index (χ0) is 9.03. The summed E-state index contributed by atoms with van der Waals surface area (Å²) in [6.07, 6.45) is 0. The second-order valence-corrected chi connectivity index (χ2v) is 14.1. The third kappa shape index (κ3) is 2.84. The van der Waals surface area contributed by atoms with E-state index in [1.807, 2.05) is 0 Å². The van der Waals surface area contributed by atoms with Crippen LogP contribution in [0.1, 0.15) is 19.4 Å². The number of hydrogen-bond acceptors (Lipinski definition) is 0. The summed E-state index contributed by atoms with van der Waals surface area (Å²) in [6.45, 7) is 4.67. The topological polar surface area (TPSA) is 0 Å². The molecule has 0 aliphatic rings. The van der Waals surface area contributed by atoms with Crippen molar-refractivity contribution in [3.63, 3.8) is 0 Å². The minimum absolute atomic E-state index is 0.395. The number of hydrogen-bond donors (Lipinski definition) is 0. The molecule has 0 radical (unpaired) electrons. The van der Waals surface area contributed by atoms with Crippen LogP contribution in [0.3, 0.4) is 0 Å². The van der Waals surface area contributed by atoms with Crippen LogP contribution in [0.15, 0.2) is 30.3 Å².